The fourth-order valence-corrected chi connectivity index (χ4v) is 1.95. The Morgan fingerprint density at radius 3 is 2.47 bits per heavy atom. The van der Waals surface area contributed by atoms with Crippen molar-refractivity contribution in [1.29, 1.82) is 0 Å². The minimum Gasteiger partial charge on any atom is -0.333 e. The maximum absolute atomic E-state index is 11.6. The summed E-state index contributed by atoms with van der Waals surface area (Å²) in [6.45, 7) is 3.27. The summed E-state index contributed by atoms with van der Waals surface area (Å²) < 4.78 is 0. The Balaban J connectivity index is 2.43. The van der Waals surface area contributed by atoms with E-state index in [-0.39, 0.29) is 6.54 Å². The van der Waals surface area contributed by atoms with Crippen LogP contribution in [0.1, 0.15) is 32.6 Å². The molecule has 1 heterocycles. The van der Waals surface area contributed by atoms with Crippen LogP contribution in [0.3, 0.4) is 0 Å². The van der Waals surface area contributed by atoms with E-state index in [1.807, 2.05) is 0 Å². The molecule has 0 aromatic rings. The third kappa shape index (κ3) is 3.70. The number of hydrogen-bond donors (Lipinski definition) is 0. The van der Waals surface area contributed by atoms with Crippen LogP contribution in [0.4, 0.5) is 4.79 Å². The largest absolute Gasteiger partial charge is 0.333 e. The van der Waals surface area contributed by atoms with E-state index < -0.39 is 17.2 Å². The molecule has 0 radical (unpaired) electrons. The third-order valence-corrected chi connectivity index (χ3v) is 3.01. The number of amides is 3. The second kappa shape index (κ2) is 6.59. The first kappa shape index (κ1) is 14.0. The summed E-state index contributed by atoms with van der Waals surface area (Å²) in [5.41, 5.74) is 0. The van der Waals surface area contributed by atoms with Gasteiger partial charge in [-0.15, -0.1) is 0 Å². The van der Waals surface area contributed by atoms with Crippen molar-refractivity contribution in [3.05, 3.63) is 0 Å². The molecule has 17 heavy (non-hydrogen) atoms. The van der Waals surface area contributed by atoms with Gasteiger partial charge in [0.1, 0.15) is 0 Å². The lowest BCUT2D eigenvalue weighted by atomic mass is 10.2. The number of hydrogen-bond acceptors (Lipinski definition) is 3. The molecule has 1 aliphatic rings. The zero-order valence-corrected chi connectivity index (χ0v) is 10.7. The number of carbonyl (C=O) groups is 3. The fourth-order valence-electron chi connectivity index (χ4n) is 1.79. The fraction of sp³-hybridized carbons (Fsp3) is 0.727. The highest BCUT2D eigenvalue weighted by atomic mass is 35.5. The molecule has 6 heteroatoms. The van der Waals surface area contributed by atoms with Gasteiger partial charge in [-0.05, 0) is 18.0 Å². The minimum atomic E-state index is -0.881. The van der Waals surface area contributed by atoms with Crippen molar-refractivity contribution in [3.63, 3.8) is 0 Å². The first-order valence-electron chi connectivity index (χ1n) is 5.88. The van der Waals surface area contributed by atoms with Gasteiger partial charge in [0, 0.05) is 19.6 Å². The first-order chi connectivity index (χ1) is 8.07. The van der Waals surface area contributed by atoms with Crippen molar-refractivity contribution < 1.29 is 14.4 Å². The monoisotopic (exact) mass is 260 g/mol. The lowest BCUT2D eigenvalue weighted by molar-refractivity contribution is -0.153. The molecule has 0 N–H and O–H groups in total. The third-order valence-electron chi connectivity index (χ3n) is 2.80. The van der Waals surface area contributed by atoms with Crippen LogP contribution in [0.15, 0.2) is 0 Å². The van der Waals surface area contributed by atoms with Crippen LogP contribution in [0.25, 0.3) is 0 Å². The van der Waals surface area contributed by atoms with Gasteiger partial charge in [0.05, 0.1) is 0 Å². The molecule has 0 aromatic carbocycles. The van der Waals surface area contributed by atoms with Gasteiger partial charge in [0.2, 0.25) is 0 Å². The van der Waals surface area contributed by atoms with Gasteiger partial charge in [0.15, 0.2) is 0 Å². The highest BCUT2D eigenvalue weighted by Gasteiger charge is 2.34. The minimum absolute atomic E-state index is 0.195. The summed E-state index contributed by atoms with van der Waals surface area (Å²) in [4.78, 5) is 36.3. The van der Waals surface area contributed by atoms with E-state index in [9.17, 15) is 14.4 Å². The predicted octanol–water partition coefficient (Wildman–Crippen LogP) is 1.60. The Bertz CT molecular complexity index is 320. The Labute approximate surface area is 106 Å². The molecule has 3 amide bonds. The summed E-state index contributed by atoms with van der Waals surface area (Å²) in [7, 11) is 0. The Morgan fingerprint density at radius 2 is 1.88 bits per heavy atom. The van der Waals surface area contributed by atoms with Crippen molar-refractivity contribution in [1.82, 2.24) is 9.80 Å². The summed E-state index contributed by atoms with van der Waals surface area (Å²) in [6, 6.07) is 0. The highest BCUT2D eigenvalue weighted by molar-refractivity contribution is 6.65. The molecule has 1 fully saturated rings. The summed E-state index contributed by atoms with van der Waals surface area (Å²) in [5.74, 6) is -1.44. The number of carbonyl (C=O) groups excluding carboxylic acids is 3. The number of halogens is 1. The van der Waals surface area contributed by atoms with Crippen LogP contribution in [-0.2, 0) is 9.59 Å². The molecule has 0 spiro atoms. The normalized spacial score (nSPS) is 16.6. The second-order valence-electron chi connectivity index (χ2n) is 4.06. The van der Waals surface area contributed by atoms with Gasteiger partial charge in [-0.2, -0.15) is 0 Å². The Morgan fingerprint density at radius 1 is 1.18 bits per heavy atom. The maximum Gasteiger partial charge on any atom is 0.323 e. The van der Waals surface area contributed by atoms with Gasteiger partial charge in [-0.25, -0.2) is 0 Å². The lowest BCUT2D eigenvalue weighted by Crippen LogP contribution is -2.55. The highest BCUT2D eigenvalue weighted by Crippen LogP contribution is 2.10. The van der Waals surface area contributed by atoms with Crippen LogP contribution in [0, 0.1) is 0 Å². The van der Waals surface area contributed by atoms with Crippen LogP contribution in [-0.4, -0.2) is 46.6 Å². The lowest BCUT2D eigenvalue weighted by Gasteiger charge is -2.31. The van der Waals surface area contributed by atoms with Gasteiger partial charge in [-0.3, -0.25) is 19.3 Å². The quantitative estimate of drug-likeness (QED) is 0.326. The SMILES string of the molecule is CCCCCCN1CCN(C(=O)Cl)C(=O)C1=O. The van der Waals surface area contributed by atoms with Crippen molar-refractivity contribution in [2.75, 3.05) is 19.6 Å². The van der Waals surface area contributed by atoms with E-state index in [1.165, 1.54) is 4.90 Å². The molecule has 96 valence electrons. The molecule has 0 saturated carbocycles. The molecule has 0 bridgehead atoms. The molecular weight excluding hydrogens is 244 g/mol. The predicted molar refractivity (Wildman–Crippen MR) is 63.7 cm³/mol. The molecule has 0 unspecified atom stereocenters. The van der Waals surface area contributed by atoms with Gasteiger partial charge in [-0.1, -0.05) is 26.2 Å². The van der Waals surface area contributed by atoms with E-state index in [0.29, 0.717) is 13.1 Å². The second-order valence-corrected chi connectivity index (χ2v) is 4.39. The summed E-state index contributed by atoms with van der Waals surface area (Å²) in [6.07, 6.45) is 4.19. The van der Waals surface area contributed by atoms with Crippen molar-refractivity contribution in [3.8, 4) is 0 Å². The van der Waals surface area contributed by atoms with E-state index in [4.69, 9.17) is 11.6 Å². The maximum atomic E-state index is 11.6. The Hall–Kier alpha value is -1.10. The van der Waals surface area contributed by atoms with Crippen LogP contribution < -0.4 is 0 Å². The molecule has 0 atom stereocenters. The Kier molecular flexibility index (Phi) is 5.41. The molecule has 1 aliphatic heterocycles. The number of piperazine rings is 1. The van der Waals surface area contributed by atoms with Crippen LogP contribution in [0.5, 0.6) is 0 Å². The van der Waals surface area contributed by atoms with Crippen LogP contribution in [0.2, 0.25) is 0 Å². The summed E-state index contributed by atoms with van der Waals surface area (Å²) in [5, 5.41) is -0.881. The average molecular weight is 261 g/mol. The molecule has 0 aliphatic carbocycles. The zero-order valence-electron chi connectivity index (χ0n) is 9.95. The number of nitrogens with zero attached hydrogens (tertiary/aromatic N) is 2. The van der Waals surface area contributed by atoms with E-state index in [1.54, 1.807) is 0 Å². The van der Waals surface area contributed by atoms with Crippen molar-refractivity contribution in [2.24, 2.45) is 0 Å². The first-order valence-corrected chi connectivity index (χ1v) is 6.26. The van der Waals surface area contributed by atoms with Crippen molar-refractivity contribution >= 4 is 28.8 Å². The van der Waals surface area contributed by atoms with Crippen molar-refractivity contribution in [2.45, 2.75) is 32.6 Å². The van der Waals surface area contributed by atoms with Gasteiger partial charge < -0.3 is 4.90 Å². The average Bonchev–Trinajstić information content (AvgIpc) is 2.29. The number of rotatable bonds is 5. The number of unbranched alkanes of at least 4 members (excludes halogenated alkanes) is 3. The number of imide groups is 1. The summed E-state index contributed by atoms with van der Waals surface area (Å²) >= 11 is 5.21. The molecular formula is C11H17ClN2O3. The molecule has 0 aromatic heterocycles. The standard InChI is InChI=1S/C11H17ClN2O3/c1-2-3-4-5-6-13-7-8-14(11(12)17)10(16)9(13)15/h2-8H2,1H3. The molecule has 1 saturated heterocycles. The van der Waals surface area contributed by atoms with E-state index in [2.05, 4.69) is 6.92 Å². The molecule has 1 rings (SSSR count). The smallest absolute Gasteiger partial charge is 0.323 e. The topological polar surface area (TPSA) is 57.7 Å². The zero-order chi connectivity index (χ0) is 12.8. The van der Waals surface area contributed by atoms with Gasteiger partial charge in [0.25, 0.3) is 0 Å². The van der Waals surface area contributed by atoms with Crippen LogP contribution >= 0.6 is 11.6 Å². The van der Waals surface area contributed by atoms with Gasteiger partial charge >= 0.3 is 17.2 Å². The van der Waals surface area contributed by atoms with E-state index in [0.717, 1.165) is 30.6 Å². The molecule has 5 nitrogen and oxygen atoms in total. The van der Waals surface area contributed by atoms with E-state index >= 15 is 0 Å².